The van der Waals surface area contributed by atoms with Gasteiger partial charge in [0.05, 0.1) is 0 Å². The molecule has 0 saturated carbocycles. The number of halogens is 1. The lowest BCUT2D eigenvalue weighted by Crippen LogP contribution is -2.24. The molecular formula is C21H24ClN5O2. The molecule has 1 aliphatic rings. The van der Waals surface area contributed by atoms with Crippen LogP contribution in [0, 0.1) is 12.8 Å². The molecule has 0 fully saturated rings. The molecule has 1 aliphatic heterocycles. The third-order valence-electron chi connectivity index (χ3n) is 4.88. The Morgan fingerprint density at radius 3 is 2.93 bits per heavy atom. The molecule has 4 rings (SSSR count). The number of aromatic nitrogens is 3. The lowest BCUT2D eigenvalue weighted by molar-refractivity contribution is -0.118. The fourth-order valence-corrected chi connectivity index (χ4v) is 3.33. The molecule has 0 saturated heterocycles. The summed E-state index contributed by atoms with van der Waals surface area (Å²) in [5.41, 5.74) is 5.73. The second-order valence-corrected chi connectivity index (χ2v) is 7.30. The summed E-state index contributed by atoms with van der Waals surface area (Å²) >= 11 is 0. The first-order valence-corrected chi connectivity index (χ1v) is 9.46. The molecule has 0 radical (unpaired) electrons. The van der Waals surface area contributed by atoms with Gasteiger partial charge in [-0.05, 0) is 49.2 Å². The number of rotatable bonds is 4. The van der Waals surface area contributed by atoms with Gasteiger partial charge >= 0.3 is 0 Å². The SMILES string of the molecule is Cc1ncc2c(c1-c1noc(-c3cccc(NC(=O)C(C)C)c3)n1)CCNC2.Cl. The average Bonchev–Trinajstić information content (AvgIpc) is 3.17. The van der Waals surface area contributed by atoms with Gasteiger partial charge in [-0.15, -0.1) is 12.4 Å². The van der Waals surface area contributed by atoms with Gasteiger partial charge in [0.1, 0.15) is 0 Å². The molecule has 3 aromatic rings. The van der Waals surface area contributed by atoms with E-state index in [1.54, 1.807) is 0 Å². The second kappa shape index (κ2) is 8.71. The normalized spacial score (nSPS) is 13.0. The largest absolute Gasteiger partial charge is 0.334 e. The number of amides is 1. The van der Waals surface area contributed by atoms with E-state index in [1.165, 1.54) is 11.1 Å². The lowest BCUT2D eigenvalue weighted by Gasteiger charge is -2.19. The topological polar surface area (TPSA) is 92.9 Å². The molecule has 3 heterocycles. The quantitative estimate of drug-likeness (QED) is 0.676. The zero-order chi connectivity index (χ0) is 19.7. The zero-order valence-electron chi connectivity index (χ0n) is 16.7. The van der Waals surface area contributed by atoms with Gasteiger partial charge in [-0.1, -0.05) is 25.1 Å². The fraction of sp³-hybridized carbons (Fsp3) is 0.333. The highest BCUT2D eigenvalue weighted by atomic mass is 35.5. The van der Waals surface area contributed by atoms with Crippen molar-refractivity contribution in [3.8, 4) is 22.8 Å². The van der Waals surface area contributed by atoms with Gasteiger partial charge in [0, 0.05) is 41.2 Å². The number of pyridine rings is 1. The number of hydrogen-bond acceptors (Lipinski definition) is 6. The van der Waals surface area contributed by atoms with Crippen LogP contribution < -0.4 is 10.6 Å². The monoisotopic (exact) mass is 413 g/mol. The van der Waals surface area contributed by atoms with Crippen LogP contribution in [0.5, 0.6) is 0 Å². The van der Waals surface area contributed by atoms with Crippen LogP contribution in [0.2, 0.25) is 0 Å². The van der Waals surface area contributed by atoms with E-state index in [0.29, 0.717) is 17.4 Å². The first kappa shape index (κ1) is 21.0. The van der Waals surface area contributed by atoms with Crippen LogP contribution in [0.4, 0.5) is 5.69 Å². The van der Waals surface area contributed by atoms with E-state index in [2.05, 4.69) is 25.8 Å². The van der Waals surface area contributed by atoms with E-state index in [1.807, 2.05) is 51.2 Å². The van der Waals surface area contributed by atoms with Crippen molar-refractivity contribution in [1.82, 2.24) is 20.4 Å². The Kier molecular flexibility index (Phi) is 6.30. The Labute approximate surface area is 175 Å². The Morgan fingerprint density at radius 2 is 2.14 bits per heavy atom. The first-order valence-electron chi connectivity index (χ1n) is 9.46. The molecule has 0 aliphatic carbocycles. The minimum absolute atomic E-state index is 0. The molecule has 0 bridgehead atoms. The molecule has 2 N–H and O–H groups in total. The van der Waals surface area contributed by atoms with Crippen LogP contribution in [-0.2, 0) is 17.8 Å². The smallest absolute Gasteiger partial charge is 0.258 e. The summed E-state index contributed by atoms with van der Waals surface area (Å²) in [6.45, 7) is 7.41. The van der Waals surface area contributed by atoms with Gasteiger partial charge in [0.15, 0.2) is 0 Å². The van der Waals surface area contributed by atoms with E-state index in [-0.39, 0.29) is 24.2 Å². The molecular weight excluding hydrogens is 390 g/mol. The number of aryl methyl sites for hydroxylation is 1. The van der Waals surface area contributed by atoms with Crippen molar-refractivity contribution in [3.63, 3.8) is 0 Å². The van der Waals surface area contributed by atoms with Crippen LogP contribution in [0.15, 0.2) is 35.0 Å². The maximum Gasteiger partial charge on any atom is 0.258 e. The van der Waals surface area contributed by atoms with Gasteiger partial charge in [0.25, 0.3) is 5.89 Å². The Balaban J connectivity index is 0.00000240. The van der Waals surface area contributed by atoms with Gasteiger partial charge in [-0.2, -0.15) is 4.98 Å². The molecule has 1 aromatic carbocycles. The molecule has 0 spiro atoms. The van der Waals surface area contributed by atoms with Crippen LogP contribution >= 0.6 is 12.4 Å². The minimum atomic E-state index is -0.0899. The predicted octanol–water partition coefficient (Wildman–Crippen LogP) is 3.77. The van der Waals surface area contributed by atoms with Crippen molar-refractivity contribution in [2.24, 2.45) is 5.92 Å². The van der Waals surface area contributed by atoms with Gasteiger partial charge in [-0.3, -0.25) is 9.78 Å². The first-order chi connectivity index (χ1) is 13.5. The van der Waals surface area contributed by atoms with Gasteiger partial charge in [-0.25, -0.2) is 0 Å². The summed E-state index contributed by atoms with van der Waals surface area (Å²) < 4.78 is 5.54. The Morgan fingerprint density at radius 1 is 1.31 bits per heavy atom. The Bertz CT molecular complexity index is 1030. The molecule has 0 unspecified atom stereocenters. The van der Waals surface area contributed by atoms with Crippen molar-refractivity contribution in [3.05, 3.63) is 47.3 Å². The number of fused-ring (bicyclic) bond motifs is 1. The van der Waals surface area contributed by atoms with Crippen molar-refractivity contribution >= 4 is 24.0 Å². The van der Waals surface area contributed by atoms with Gasteiger partial charge in [0.2, 0.25) is 11.7 Å². The van der Waals surface area contributed by atoms with Crippen molar-refractivity contribution < 1.29 is 9.32 Å². The van der Waals surface area contributed by atoms with E-state index >= 15 is 0 Å². The van der Waals surface area contributed by atoms with Crippen LogP contribution in [0.1, 0.15) is 30.7 Å². The van der Waals surface area contributed by atoms with E-state index in [0.717, 1.165) is 36.3 Å². The molecule has 29 heavy (non-hydrogen) atoms. The van der Waals surface area contributed by atoms with Crippen molar-refractivity contribution in [2.45, 2.75) is 33.7 Å². The Hall–Kier alpha value is -2.77. The van der Waals surface area contributed by atoms with Crippen LogP contribution in [-0.4, -0.2) is 27.6 Å². The highest BCUT2D eigenvalue weighted by Crippen LogP contribution is 2.30. The van der Waals surface area contributed by atoms with Gasteiger partial charge < -0.3 is 15.2 Å². The molecule has 152 valence electrons. The third kappa shape index (κ3) is 4.31. The zero-order valence-corrected chi connectivity index (χ0v) is 17.5. The summed E-state index contributed by atoms with van der Waals surface area (Å²) in [7, 11) is 0. The second-order valence-electron chi connectivity index (χ2n) is 7.30. The number of nitrogens with zero attached hydrogens (tertiary/aromatic N) is 3. The fourth-order valence-electron chi connectivity index (χ4n) is 3.33. The van der Waals surface area contributed by atoms with Crippen LogP contribution in [0.25, 0.3) is 22.8 Å². The van der Waals surface area contributed by atoms with E-state index < -0.39 is 0 Å². The van der Waals surface area contributed by atoms with Crippen LogP contribution in [0.3, 0.4) is 0 Å². The summed E-state index contributed by atoms with van der Waals surface area (Å²) in [5.74, 6) is 0.847. The molecule has 1 amide bonds. The van der Waals surface area contributed by atoms with E-state index in [9.17, 15) is 4.79 Å². The highest BCUT2D eigenvalue weighted by molar-refractivity contribution is 5.92. The number of hydrogen-bond donors (Lipinski definition) is 2. The number of carbonyl (C=O) groups is 1. The van der Waals surface area contributed by atoms with Crippen molar-refractivity contribution in [1.29, 1.82) is 0 Å². The highest BCUT2D eigenvalue weighted by Gasteiger charge is 2.21. The number of nitrogens with one attached hydrogen (secondary N) is 2. The number of benzene rings is 1. The molecule has 0 atom stereocenters. The summed E-state index contributed by atoms with van der Waals surface area (Å²) in [5, 5.41) is 10.5. The maximum atomic E-state index is 11.9. The number of anilines is 1. The predicted molar refractivity (Wildman–Crippen MR) is 114 cm³/mol. The third-order valence-corrected chi connectivity index (χ3v) is 4.88. The number of carbonyl (C=O) groups excluding carboxylic acids is 1. The maximum absolute atomic E-state index is 11.9. The summed E-state index contributed by atoms with van der Waals surface area (Å²) in [6.07, 6.45) is 2.83. The molecule has 7 nitrogen and oxygen atoms in total. The molecule has 8 heteroatoms. The van der Waals surface area contributed by atoms with Crippen molar-refractivity contribution in [2.75, 3.05) is 11.9 Å². The molecule has 2 aromatic heterocycles. The average molecular weight is 414 g/mol. The standard InChI is InChI=1S/C21H23N5O2.ClH/c1-12(2)20(27)24-16-6-4-5-14(9-16)21-25-19(26-28-21)18-13(3)23-11-15-10-22-8-7-17(15)18;/h4-6,9,11-12,22H,7-8,10H2,1-3H3,(H,24,27);1H. The van der Waals surface area contributed by atoms with E-state index in [4.69, 9.17) is 4.52 Å². The lowest BCUT2D eigenvalue weighted by atomic mass is 9.95. The summed E-state index contributed by atoms with van der Waals surface area (Å²) in [6, 6.07) is 7.43. The minimum Gasteiger partial charge on any atom is -0.334 e. The summed E-state index contributed by atoms with van der Waals surface area (Å²) in [4.78, 5) is 21.1.